The first-order valence-corrected chi connectivity index (χ1v) is 12.3. The molecule has 0 saturated heterocycles. The van der Waals surface area contributed by atoms with E-state index in [0.717, 1.165) is 22.5 Å². The van der Waals surface area contributed by atoms with E-state index in [1.54, 1.807) is 6.08 Å². The van der Waals surface area contributed by atoms with Crippen LogP contribution in [0.2, 0.25) is 0 Å². The molecule has 1 nitrogen and oxygen atoms in total. The molecule has 4 rings (SSSR count). The number of rotatable bonds is 10. The van der Waals surface area contributed by atoms with Crippen molar-refractivity contribution in [2.24, 2.45) is 0 Å². The van der Waals surface area contributed by atoms with Gasteiger partial charge in [0, 0.05) is 11.4 Å². The summed E-state index contributed by atoms with van der Waals surface area (Å²) in [6.07, 6.45) is 17.5. The highest BCUT2D eigenvalue weighted by Crippen LogP contribution is 2.26. The second-order valence-electron chi connectivity index (χ2n) is 8.48. The van der Waals surface area contributed by atoms with E-state index in [9.17, 15) is 0 Å². The van der Waals surface area contributed by atoms with Crippen molar-refractivity contribution in [1.82, 2.24) is 0 Å². The van der Waals surface area contributed by atoms with Gasteiger partial charge in [0.05, 0.1) is 0 Å². The normalized spacial score (nSPS) is 11.8. The Balaban J connectivity index is 1.35. The molecule has 0 amide bonds. The summed E-state index contributed by atoms with van der Waals surface area (Å²) in [5.74, 6) is 0. The Morgan fingerprint density at radius 3 is 1.65 bits per heavy atom. The third kappa shape index (κ3) is 7.55. The molecule has 0 aromatic heterocycles. The van der Waals surface area contributed by atoms with Gasteiger partial charge < -0.3 is 5.32 Å². The summed E-state index contributed by atoms with van der Waals surface area (Å²) >= 11 is 0. The smallest absolute Gasteiger partial charge is 0.0384 e. The number of nitrogens with one attached hydrogen (secondary N) is 1. The summed E-state index contributed by atoms with van der Waals surface area (Å²) in [6.45, 7) is 7.53. The van der Waals surface area contributed by atoms with Crippen molar-refractivity contribution >= 4 is 17.5 Å². The molecule has 0 aliphatic rings. The van der Waals surface area contributed by atoms with Gasteiger partial charge in [-0.15, -0.1) is 0 Å². The summed E-state index contributed by atoms with van der Waals surface area (Å²) in [7, 11) is 0. The van der Waals surface area contributed by atoms with Gasteiger partial charge in [-0.2, -0.15) is 0 Å². The largest absolute Gasteiger partial charge is 0.356 e. The summed E-state index contributed by atoms with van der Waals surface area (Å²) in [5, 5.41) is 3.49. The molecule has 4 aromatic rings. The van der Waals surface area contributed by atoms with E-state index in [1.165, 1.54) is 22.3 Å². The minimum Gasteiger partial charge on any atom is -0.356 e. The van der Waals surface area contributed by atoms with E-state index in [-0.39, 0.29) is 0 Å². The zero-order valence-corrected chi connectivity index (χ0v) is 20.9. The van der Waals surface area contributed by atoms with Crippen LogP contribution < -0.4 is 5.32 Å². The number of hydrogen-bond acceptors (Lipinski definition) is 1. The first-order valence-electron chi connectivity index (χ1n) is 12.3. The van der Waals surface area contributed by atoms with Gasteiger partial charge >= 0.3 is 0 Å². The average Bonchev–Trinajstić information content (AvgIpc) is 2.96. The van der Waals surface area contributed by atoms with Gasteiger partial charge in [-0.25, -0.2) is 0 Å². The predicted molar refractivity (Wildman–Crippen MR) is 163 cm³/mol. The van der Waals surface area contributed by atoms with Crippen LogP contribution in [0.5, 0.6) is 0 Å². The van der Waals surface area contributed by atoms with Crippen molar-refractivity contribution < 1.29 is 0 Å². The molecule has 0 bridgehead atoms. The quantitative estimate of drug-likeness (QED) is 0.224. The molecule has 0 saturated carbocycles. The fraction of sp³-hybridized carbons (Fsp3) is 0. The summed E-state index contributed by atoms with van der Waals surface area (Å²) in [5.41, 5.74) is 9.15. The van der Waals surface area contributed by atoms with Gasteiger partial charge in [-0.1, -0.05) is 147 Å². The van der Waals surface area contributed by atoms with Crippen molar-refractivity contribution in [2.75, 3.05) is 5.32 Å². The molecule has 0 heterocycles. The van der Waals surface area contributed by atoms with Gasteiger partial charge in [0.25, 0.3) is 0 Å². The maximum atomic E-state index is 3.87. The monoisotopic (exact) mass is 477 g/mol. The molecule has 37 heavy (non-hydrogen) atoms. The van der Waals surface area contributed by atoms with Gasteiger partial charge in [-0.05, 0) is 57.7 Å². The van der Waals surface area contributed by atoms with E-state index < -0.39 is 0 Å². The average molecular weight is 478 g/mol. The highest BCUT2D eigenvalue weighted by atomic mass is 14.9. The van der Waals surface area contributed by atoms with Crippen LogP contribution in [0.25, 0.3) is 28.3 Å². The Labute approximate surface area is 220 Å². The van der Waals surface area contributed by atoms with Crippen LogP contribution in [-0.2, 0) is 0 Å². The second kappa shape index (κ2) is 13.3. The molecule has 4 aromatic carbocycles. The molecule has 0 unspecified atom stereocenters. The standard InChI is InChI=1S/C36H31N/c1-3-5-6-8-12-29(4-2)13-11-14-30-17-25-35(26-18-30)37-36-27-23-34(24-28-36)33-21-19-32(20-22-33)31-15-9-7-10-16-31/h3-28,37H,1-2H2. The molecule has 1 N–H and O–H groups in total. The van der Waals surface area contributed by atoms with Gasteiger partial charge in [0.1, 0.15) is 0 Å². The minimum absolute atomic E-state index is 1.04. The summed E-state index contributed by atoms with van der Waals surface area (Å²) in [4.78, 5) is 0. The van der Waals surface area contributed by atoms with Crippen LogP contribution in [-0.4, -0.2) is 0 Å². The lowest BCUT2D eigenvalue weighted by Crippen LogP contribution is -1.90. The maximum absolute atomic E-state index is 3.87. The lowest BCUT2D eigenvalue weighted by Gasteiger charge is -2.09. The molecule has 1 heteroatoms. The molecule has 0 radical (unpaired) electrons. The van der Waals surface area contributed by atoms with Gasteiger partial charge in [0.2, 0.25) is 0 Å². The van der Waals surface area contributed by atoms with Crippen LogP contribution in [0.4, 0.5) is 11.4 Å². The predicted octanol–water partition coefficient (Wildman–Crippen LogP) is 10.2. The molecule has 0 aliphatic heterocycles. The molecular weight excluding hydrogens is 446 g/mol. The van der Waals surface area contributed by atoms with Crippen LogP contribution in [0, 0.1) is 0 Å². The van der Waals surface area contributed by atoms with Crippen LogP contribution in [0.15, 0.2) is 170 Å². The van der Waals surface area contributed by atoms with Crippen molar-refractivity contribution in [1.29, 1.82) is 0 Å². The van der Waals surface area contributed by atoms with Crippen molar-refractivity contribution in [3.8, 4) is 22.3 Å². The molecule has 0 aliphatic carbocycles. The second-order valence-corrected chi connectivity index (χ2v) is 8.48. The third-order valence-electron chi connectivity index (χ3n) is 5.87. The molecule has 0 atom stereocenters. The Bertz CT molecular complexity index is 1410. The molecular formula is C36H31N. The van der Waals surface area contributed by atoms with E-state index in [2.05, 4.69) is 122 Å². The molecule has 0 spiro atoms. The number of hydrogen-bond donors (Lipinski definition) is 1. The SMILES string of the molecule is C=CC=CC=CC(C=C)=CC=Cc1ccc(Nc2ccc(-c3ccc(-c4ccccc4)cc3)cc2)cc1. The van der Waals surface area contributed by atoms with E-state index in [1.807, 2.05) is 48.6 Å². The van der Waals surface area contributed by atoms with E-state index in [4.69, 9.17) is 0 Å². The van der Waals surface area contributed by atoms with Crippen molar-refractivity contribution in [3.63, 3.8) is 0 Å². The van der Waals surface area contributed by atoms with Gasteiger partial charge in [-0.3, -0.25) is 0 Å². The zero-order valence-electron chi connectivity index (χ0n) is 20.9. The Kier molecular flexibility index (Phi) is 9.05. The first kappa shape index (κ1) is 25.2. The fourth-order valence-corrected chi connectivity index (χ4v) is 3.85. The first-order chi connectivity index (χ1) is 18.2. The lowest BCUT2D eigenvalue weighted by atomic mass is 10.0. The highest BCUT2D eigenvalue weighted by Gasteiger charge is 2.01. The highest BCUT2D eigenvalue weighted by molar-refractivity contribution is 5.72. The zero-order chi connectivity index (χ0) is 25.7. The van der Waals surface area contributed by atoms with E-state index in [0.29, 0.717) is 0 Å². The van der Waals surface area contributed by atoms with E-state index >= 15 is 0 Å². The van der Waals surface area contributed by atoms with Crippen LogP contribution in [0.1, 0.15) is 5.56 Å². The molecule has 180 valence electrons. The minimum atomic E-state index is 1.04. The maximum Gasteiger partial charge on any atom is 0.0384 e. The summed E-state index contributed by atoms with van der Waals surface area (Å²) in [6, 6.07) is 36.1. The third-order valence-corrected chi connectivity index (χ3v) is 5.87. The Morgan fingerprint density at radius 1 is 0.541 bits per heavy atom. The van der Waals surface area contributed by atoms with Gasteiger partial charge in [0.15, 0.2) is 0 Å². The number of benzene rings is 4. The Hall–Kier alpha value is -4.88. The van der Waals surface area contributed by atoms with Crippen LogP contribution in [0.3, 0.4) is 0 Å². The van der Waals surface area contributed by atoms with Crippen LogP contribution >= 0.6 is 0 Å². The lowest BCUT2D eigenvalue weighted by molar-refractivity contribution is 1.53. The Morgan fingerprint density at radius 2 is 1.08 bits per heavy atom. The molecule has 0 fully saturated rings. The number of allylic oxidation sites excluding steroid dienone is 9. The topological polar surface area (TPSA) is 12.0 Å². The summed E-state index contributed by atoms with van der Waals surface area (Å²) < 4.78 is 0. The van der Waals surface area contributed by atoms with Crippen molar-refractivity contribution in [2.45, 2.75) is 0 Å². The fourth-order valence-electron chi connectivity index (χ4n) is 3.85. The number of anilines is 2. The van der Waals surface area contributed by atoms with Crippen molar-refractivity contribution in [3.05, 3.63) is 176 Å².